The second-order valence-electron chi connectivity index (χ2n) is 7.87. The van der Waals surface area contributed by atoms with E-state index in [-0.39, 0.29) is 11.2 Å². The molecule has 4 aliphatic rings. The Hall–Kier alpha value is -1.18. The monoisotopic (exact) mass is 286 g/mol. The highest BCUT2D eigenvalue weighted by Gasteiger charge is 2.53. The molecule has 4 saturated carbocycles. The fourth-order valence-corrected chi connectivity index (χ4v) is 5.67. The molecule has 0 radical (unpaired) electrons. The zero-order valence-electron chi connectivity index (χ0n) is 12.7. The smallest absolute Gasteiger partial charge is 0.143 e. The van der Waals surface area contributed by atoms with E-state index in [1.54, 1.807) is 12.1 Å². The molecule has 5 rings (SSSR count). The fraction of sp³-hybridized carbons (Fsp3) is 0.632. The third kappa shape index (κ3) is 2.23. The van der Waals surface area contributed by atoms with E-state index in [4.69, 9.17) is 0 Å². The first kappa shape index (κ1) is 13.5. The van der Waals surface area contributed by atoms with Gasteiger partial charge < -0.3 is 0 Å². The van der Waals surface area contributed by atoms with Gasteiger partial charge in [0.05, 0.1) is 0 Å². The summed E-state index contributed by atoms with van der Waals surface area (Å²) in [5, 5.41) is 0. The molecule has 0 aromatic heterocycles. The van der Waals surface area contributed by atoms with E-state index >= 15 is 0 Å². The summed E-state index contributed by atoms with van der Waals surface area (Å²) in [7, 11) is 0. The Morgan fingerprint density at radius 1 is 1.14 bits per heavy atom. The number of ketones is 1. The van der Waals surface area contributed by atoms with Gasteiger partial charge in [0.1, 0.15) is 11.6 Å². The van der Waals surface area contributed by atoms with Crippen molar-refractivity contribution in [3.63, 3.8) is 0 Å². The fourth-order valence-electron chi connectivity index (χ4n) is 5.67. The van der Waals surface area contributed by atoms with Gasteiger partial charge in [-0.3, -0.25) is 4.79 Å². The van der Waals surface area contributed by atoms with Gasteiger partial charge >= 0.3 is 0 Å². The number of benzene rings is 1. The van der Waals surface area contributed by atoms with Crippen LogP contribution in [-0.4, -0.2) is 5.78 Å². The minimum Gasteiger partial charge on any atom is -0.299 e. The lowest BCUT2D eigenvalue weighted by Gasteiger charge is -2.56. The topological polar surface area (TPSA) is 17.1 Å². The van der Waals surface area contributed by atoms with Gasteiger partial charge in [-0.2, -0.15) is 0 Å². The quantitative estimate of drug-likeness (QED) is 0.801. The molecule has 1 nitrogen and oxygen atoms in total. The van der Waals surface area contributed by atoms with E-state index in [9.17, 15) is 9.18 Å². The Morgan fingerprint density at radius 2 is 1.71 bits per heavy atom. The predicted molar refractivity (Wildman–Crippen MR) is 80.5 cm³/mol. The van der Waals surface area contributed by atoms with Gasteiger partial charge in [0, 0.05) is 11.8 Å². The van der Waals surface area contributed by atoms with Crippen LogP contribution >= 0.6 is 0 Å². The van der Waals surface area contributed by atoms with E-state index in [1.165, 1.54) is 25.3 Å². The second kappa shape index (κ2) is 4.66. The van der Waals surface area contributed by atoms with Crippen molar-refractivity contribution in [1.82, 2.24) is 0 Å². The Morgan fingerprint density at radius 3 is 2.24 bits per heavy atom. The molecular formula is C19H23FO. The number of hydrogen-bond donors (Lipinski definition) is 0. The van der Waals surface area contributed by atoms with Gasteiger partial charge in [-0.05, 0) is 86.5 Å². The molecule has 0 amide bonds. The minimum absolute atomic E-state index is 0.0322. The minimum atomic E-state index is -0.210. The predicted octanol–water partition coefficient (Wildman–Crippen LogP) is 4.46. The third-order valence-corrected chi connectivity index (χ3v) is 6.29. The first-order valence-corrected chi connectivity index (χ1v) is 8.32. The Balaban J connectivity index is 1.57. The van der Waals surface area contributed by atoms with Gasteiger partial charge in [0.25, 0.3) is 0 Å². The average Bonchev–Trinajstić information content (AvgIpc) is 2.40. The van der Waals surface area contributed by atoms with Crippen LogP contribution in [0.4, 0.5) is 4.39 Å². The molecule has 21 heavy (non-hydrogen) atoms. The number of Topliss-reactive ketones (excluding diaryl/α,β-unsaturated/α-hetero) is 1. The molecule has 0 heterocycles. The SMILES string of the molecule is Cc1cc(F)ccc1CC(=O)C12CC3CC(CC(C3)C1)C2. The van der Waals surface area contributed by atoms with E-state index < -0.39 is 0 Å². The van der Waals surface area contributed by atoms with Crippen LogP contribution < -0.4 is 0 Å². The van der Waals surface area contributed by atoms with Crippen molar-refractivity contribution < 1.29 is 9.18 Å². The number of aryl methyl sites for hydroxylation is 1. The van der Waals surface area contributed by atoms with Gasteiger partial charge in [0.2, 0.25) is 0 Å². The summed E-state index contributed by atoms with van der Waals surface area (Å²) < 4.78 is 13.2. The van der Waals surface area contributed by atoms with Gasteiger partial charge in [-0.25, -0.2) is 4.39 Å². The van der Waals surface area contributed by atoms with Crippen LogP contribution in [0.2, 0.25) is 0 Å². The molecule has 4 aliphatic carbocycles. The normalized spacial score (nSPS) is 37.0. The molecule has 0 spiro atoms. The molecule has 0 unspecified atom stereocenters. The van der Waals surface area contributed by atoms with Crippen LogP contribution in [0, 0.1) is 35.9 Å². The maximum atomic E-state index is 13.2. The molecule has 112 valence electrons. The summed E-state index contributed by atoms with van der Waals surface area (Å²) in [4.78, 5) is 13.0. The summed E-state index contributed by atoms with van der Waals surface area (Å²) >= 11 is 0. The zero-order valence-corrected chi connectivity index (χ0v) is 12.7. The largest absolute Gasteiger partial charge is 0.299 e. The molecule has 0 saturated heterocycles. The van der Waals surface area contributed by atoms with Crippen molar-refractivity contribution in [2.24, 2.45) is 23.2 Å². The summed E-state index contributed by atoms with van der Waals surface area (Å²) in [6.07, 6.45) is 7.96. The Kier molecular flexibility index (Phi) is 2.99. The molecule has 0 atom stereocenters. The standard InChI is InChI=1S/C19H23FO/c1-12-4-17(20)3-2-16(12)8-18(21)19-9-13-5-14(10-19)7-15(6-13)11-19/h2-4,13-15H,5-11H2,1H3. The number of hydrogen-bond acceptors (Lipinski definition) is 1. The Labute approximate surface area is 125 Å². The van der Waals surface area contributed by atoms with Crippen molar-refractivity contribution in [2.75, 3.05) is 0 Å². The van der Waals surface area contributed by atoms with Crippen LogP contribution in [-0.2, 0) is 11.2 Å². The first-order chi connectivity index (χ1) is 10.0. The Bertz CT molecular complexity index is 554. The number of halogens is 1. The molecule has 1 aromatic rings. The van der Waals surface area contributed by atoms with Crippen LogP contribution in [0.25, 0.3) is 0 Å². The van der Waals surface area contributed by atoms with Gasteiger partial charge in [-0.15, -0.1) is 0 Å². The average molecular weight is 286 g/mol. The van der Waals surface area contributed by atoms with Crippen molar-refractivity contribution in [3.8, 4) is 0 Å². The summed E-state index contributed by atoms with van der Waals surface area (Å²) in [5.74, 6) is 2.62. The van der Waals surface area contributed by atoms with E-state index in [0.717, 1.165) is 48.1 Å². The highest BCUT2D eigenvalue weighted by Crippen LogP contribution is 2.60. The van der Waals surface area contributed by atoms with Crippen molar-refractivity contribution in [2.45, 2.75) is 51.9 Å². The summed E-state index contributed by atoms with van der Waals surface area (Å²) in [6, 6.07) is 4.82. The third-order valence-electron chi connectivity index (χ3n) is 6.29. The second-order valence-corrected chi connectivity index (χ2v) is 7.87. The highest BCUT2D eigenvalue weighted by molar-refractivity contribution is 5.87. The molecule has 0 N–H and O–H groups in total. The molecule has 2 heteroatoms. The van der Waals surface area contributed by atoms with Gasteiger partial charge in [-0.1, -0.05) is 6.07 Å². The first-order valence-electron chi connectivity index (χ1n) is 8.32. The van der Waals surface area contributed by atoms with E-state index in [0.29, 0.717) is 12.2 Å². The summed E-state index contributed by atoms with van der Waals surface area (Å²) in [6.45, 7) is 1.91. The number of rotatable bonds is 3. The van der Waals surface area contributed by atoms with E-state index in [2.05, 4.69) is 0 Å². The van der Waals surface area contributed by atoms with Crippen molar-refractivity contribution >= 4 is 5.78 Å². The molecule has 0 aliphatic heterocycles. The van der Waals surface area contributed by atoms with Crippen LogP contribution in [0.15, 0.2) is 18.2 Å². The number of carbonyl (C=O) groups excluding carboxylic acids is 1. The lowest BCUT2D eigenvalue weighted by molar-refractivity contribution is -0.143. The molecule has 1 aromatic carbocycles. The lowest BCUT2D eigenvalue weighted by Crippen LogP contribution is -2.50. The zero-order chi connectivity index (χ0) is 14.6. The van der Waals surface area contributed by atoms with Crippen LogP contribution in [0.1, 0.15) is 49.7 Å². The molecule has 4 bridgehead atoms. The van der Waals surface area contributed by atoms with Crippen LogP contribution in [0.5, 0.6) is 0 Å². The van der Waals surface area contributed by atoms with E-state index in [1.807, 2.05) is 6.92 Å². The maximum absolute atomic E-state index is 13.2. The molecule has 4 fully saturated rings. The van der Waals surface area contributed by atoms with Crippen LogP contribution in [0.3, 0.4) is 0 Å². The molecular weight excluding hydrogens is 263 g/mol. The summed E-state index contributed by atoms with van der Waals surface area (Å²) in [5.41, 5.74) is 1.89. The van der Waals surface area contributed by atoms with Gasteiger partial charge in [0.15, 0.2) is 0 Å². The number of carbonyl (C=O) groups is 1. The maximum Gasteiger partial charge on any atom is 0.143 e. The van der Waals surface area contributed by atoms with Crippen molar-refractivity contribution in [3.05, 3.63) is 35.1 Å². The highest BCUT2D eigenvalue weighted by atomic mass is 19.1. The van der Waals surface area contributed by atoms with Crippen molar-refractivity contribution in [1.29, 1.82) is 0 Å². The lowest BCUT2D eigenvalue weighted by atomic mass is 9.48.